The van der Waals surface area contributed by atoms with Crippen LogP contribution in [-0.2, 0) is 21.3 Å². The van der Waals surface area contributed by atoms with Crippen LogP contribution in [0.2, 0.25) is 0 Å². The van der Waals surface area contributed by atoms with Crippen molar-refractivity contribution < 1.29 is 27.1 Å². The molecule has 1 aliphatic rings. The summed E-state index contributed by atoms with van der Waals surface area (Å²) in [5, 5.41) is 0.783. The molecule has 1 fully saturated rings. The summed E-state index contributed by atoms with van der Waals surface area (Å²) in [7, 11) is -2.39. The van der Waals surface area contributed by atoms with E-state index in [4.69, 9.17) is 9.47 Å². The third-order valence-electron chi connectivity index (χ3n) is 5.86. The van der Waals surface area contributed by atoms with Crippen molar-refractivity contribution in [3.63, 3.8) is 0 Å². The summed E-state index contributed by atoms with van der Waals surface area (Å²) in [5.41, 5.74) is 0.858. The molecule has 4 rings (SSSR count). The molecule has 0 aliphatic carbocycles. The number of aromatic nitrogens is 1. The Balaban J connectivity index is 1.58. The van der Waals surface area contributed by atoms with Crippen molar-refractivity contribution in [2.45, 2.75) is 37.8 Å². The van der Waals surface area contributed by atoms with Crippen LogP contribution in [0.5, 0.6) is 5.75 Å². The van der Waals surface area contributed by atoms with Crippen molar-refractivity contribution in [2.24, 2.45) is 0 Å². The second-order valence-electron chi connectivity index (χ2n) is 9.53. The second-order valence-corrected chi connectivity index (χ2v) is 11.3. The lowest BCUT2D eigenvalue weighted by molar-refractivity contribution is 0.0139. The lowest BCUT2D eigenvalue weighted by Gasteiger charge is -2.35. The van der Waals surface area contributed by atoms with E-state index in [0.29, 0.717) is 44.0 Å². The van der Waals surface area contributed by atoms with E-state index in [0.717, 1.165) is 23.1 Å². The summed E-state index contributed by atoms with van der Waals surface area (Å²) in [6.07, 6.45) is 1.19. The number of hydrogen-bond acceptors (Lipinski definition) is 6. The van der Waals surface area contributed by atoms with Gasteiger partial charge in [0.25, 0.3) is 10.0 Å². The van der Waals surface area contributed by atoms with Gasteiger partial charge in [-0.2, -0.15) is 0 Å². The molecule has 0 unspecified atom stereocenters. The number of fused-ring (bicyclic) bond motifs is 1. The van der Waals surface area contributed by atoms with Gasteiger partial charge >= 0.3 is 6.09 Å². The molecule has 2 aromatic carbocycles. The Bertz CT molecular complexity index is 1320. The van der Waals surface area contributed by atoms with Crippen LogP contribution >= 0.6 is 0 Å². The van der Waals surface area contributed by atoms with Crippen molar-refractivity contribution in [1.82, 2.24) is 13.8 Å². The van der Waals surface area contributed by atoms with Crippen molar-refractivity contribution in [3.05, 3.63) is 60.0 Å². The van der Waals surface area contributed by atoms with Gasteiger partial charge in [0, 0.05) is 50.4 Å². The van der Waals surface area contributed by atoms with E-state index in [2.05, 4.69) is 4.90 Å². The average Bonchev–Trinajstić information content (AvgIpc) is 3.24. The Morgan fingerprint density at radius 1 is 1.03 bits per heavy atom. The summed E-state index contributed by atoms with van der Waals surface area (Å²) in [4.78, 5) is 16.3. The van der Waals surface area contributed by atoms with Crippen LogP contribution in [0.25, 0.3) is 10.9 Å². The lowest BCUT2D eigenvalue weighted by atomic mass is 10.1. The topological polar surface area (TPSA) is 81.1 Å². The molecule has 0 saturated carbocycles. The van der Waals surface area contributed by atoms with Gasteiger partial charge in [0.05, 0.1) is 17.5 Å². The molecule has 3 aromatic rings. The van der Waals surface area contributed by atoms with Gasteiger partial charge in [-0.25, -0.2) is 21.6 Å². The summed E-state index contributed by atoms with van der Waals surface area (Å²) in [6, 6.07) is 10.1. The number of amides is 1. The molecule has 2 heterocycles. The first-order chi connectivity index (χ1) is 16.5. The number of piperazine rings is 1. The van der Waals surface area contributed by atoms with Crippen molar-refractivity contribution in [2.75, 3.05) is 33.3 Å². The van der Waals surface area contributed by atoms with Gasteiger partial charge in [0.1, 0.15) is 17.2 Å². The first-order valence-corrected chi connectivity index (χ1v) is 12.8. The van der Waals surface area contributed by atoms with Gasteiger partial charge in [-0.05, 0) is 62.7 Å². The highest BCUT2D eigenvalue weighted by Gasteiger charge is 2.27. The predicted molar refractivity (Wildman–Crippen MR) is 131 cm³/mol. The maximum absolute atomic E-state index is 13.3. The SMILES string of the molecule is COc1cc(CN2CCN(C(=O)OC(C)(C)C)CC2)c2ccn(S(=O)(=O)c3ccc(F)cc3)c2c1. The Labute approximate surface area is 204 Å². The van der Waals surface area contributed by atoms with Crippen LogP contribution in [0.15, 0.2) is 53.6 Å². The fourth-order valence-electron chi connectivity index (χ4n) is 4.10. The molecule has 10 heteroatoms. The molecule has 0 radical (unpaired) electrons. The lowest BCUT2D eigenvalue weighted by Crippen LogP contribution is -2.49. The molecular formula is C25H30FN3O5S. The Morgan fingerprint density at radius 2 is 1.69 bits per heavy atom. The quantitative estimate of drug-likeness (QED) is 0.522. The van der Waals surface area contributed by atoms with Gasteiger partial charge < -0.3 is 14.4 Å². The van der Waals surface area contributed by atoms with Crippen LogP contribution in [0.3, 0.4) is 0 Å². The Kier molecular flexibility index (Phi) is 6.79. The minimum atomic E-state index is -3.92. The maximum Gasteiger partial charge on any atom is 0.410 e. The third-order valence-corrected chi connectivity index (χ3v) is 7.56. The standard InChI is InChI=1S/C25H30FN3O5S/c1-25(2,3)34-24(30)28-13-11-27(12-14-28)17-18-15-20(33-4)16-23-22(18)9-10-29(23)35(31,32)21-7-5-19(26)6-8-21/h5-10,15-16H,11-14,17H2,1-4H3. The fraction of sp³-hybridized carbons (Fsp3) is 0.400. The summed E-state index contributed by atoms with van der Waals surface area (Å²) in [6.45, 7) is 8.51. The molecular weight excluding hydrogens is 473 g/mol. The van der Waals surface area contributed by atoms with Gasteiger partial charge in [-0.1, -0.05) is 0 Å². The van der Waals surface area contributed by atoms with Gasteiger partial charge in [-0.3, -0.25) is 4.90 Å². The molecule has 0 atom stereocenters. The maximum atomic E-state index is 13.3. The molecule has 0 spiro atoms. The highest BCUT2D eigenvalue weighted by molar-refractivity contribution is 7.90. The first kappa shape index (κ1) is 25.0. The van der Waals surface area contributed by atoms with Crippen LogP contribution in [0.1, 0.15) is 26.3 Å². The zero-order valence-corrected chi connectivity index (χ0v) is 21.1. The molecule has 188 valence electrons. The molecule has 1 saturated heterocycles. The van der Waals surface area contributed by atoms with E-state index in [1.807, 2.05) is 26.8 Å². The first-order valence-electron chi connectivity index (χ1n) is 11.4. The number of benzene rings is 2. The van der Waals surface area contributed by atoms with Crippen molar-refractivity contribution in [1.29, 1.82) is 0 Å². The summed E-state index contributed by atoms with van der Waals surface area (Å²) >= 11 is 0. The monoisotopic (exact) mass is 503 g/mol. The normalized spacial score (nSPS) is 15.4. The van der Waals surface area contributed by atoms with Gasteiger partial charge in [0.15, 0.2) is 0 Å². The number of nitrogens with zero attached hydrogens (tertiary/aromatic N) is 3. The zero-order valence-electron chi connectivity index (χ0n) is 20.3. The third kappa shape index (κ3) is 5.43. The van der Waals surface area contributed by atoms with E-state index in [9.17, 15) is 17.6 Å². The molecule has 1 aliphatic heterocycles. The zero-order chi connectivity index (χ0) is 25.4. The molecule has 35 heavy (non-hydrogen) atoms. The highest BCUT2D eigenvalue weighted by Crippen LogP contribution is 2.30. The van der Waals surface area contributed by atoms with Gasteiger partial charge in [0.2, 0.25) is 0 Å². The smallest absolute Gasteiger partial charge is 0.410 e. The van der Waals surface area contributed by atoms with Crippen LogP contribution in [0.4, 0.5) is 9.18 Å². The fourth-order valence-corrected chi connectivity index (χ4v) is 5.44. The molecule has 1 aromatic heterocycles. The van der Waals surface area contributed by atoms with Crippen LogP contribution in [0, 0.1) is 5.82 Å². The number of halogens is 1. The minimum absolute atomic E-state index is 0.000894. The van der Waals surface area contributed by atoms with E-state index >= 15 is 0 Å². The Morgan fingerprint density at radius 3 is 2.29 bits per heavy atom. The number of hydrogen-bond donors (Lipinski definition) is 0. The number of carbonyl (C=O) groups excluding carboxylic acids is 1. The van der Waals surface area contributed by atoms with E-state index in [1.165, 1.54) is 29.4 Å². The van der Waals surface area contributed by atoms with Crippen LogP contribution in [-0.4, -0.2) is 67.2 Å². The van der Waals surface area contributed by atoms with Crippen molar-refractivity contribution in [3.8, 4) is 5.75 Å². The van der Waals surface area contributed by atoms with Crippen molar-refractivity contribution >= 4 is 27.0 Å². The van der Waals surface area contributed by atoms with E-state index < -0.39 is 21.4 Å². The highest BCUT2D eigenvalue weighted by atomic mass is 32.2. The number of rotatable bonds is 5. The minimum Gasteiger partial charge on any atom is -0.497 e. The molecule has 8 nitrogen and oxygen atoms in total. The largest absolute Gasteiger partial charge is 0.497 e. The number of ether oxygens (including phenoxy) is 2. The Hall–Kier alpha value is -3.11. The van der Waals surface area contributed by atoms with E-state index in [-0.39, 0.29) is 11.0 Å². The molecule has 1 amide bonds. The van der Waals surface area contributed by atoms with Gasteiger partial charge in [-0.15, -0.1) is 0 Å². The summed E-state index contributed by atoms with van der Waals surface area (Å²) in [5.74, 6) is 0.0335. The van der Waals surface area contributed by atoms with Crippen LogP contribution < -0.4 is 4.74 Å². The molecule has 0 bridgehead atoms. The summed E-state index contributed by atoms with van der Waals surface area (Å²) < 4.78 is 52.0. The number of carbonyl (C=O) groups is 1. The second kappa shape index (κ2) is 9.50. The molecule has 0 N–H and O–H groups in total. The predicted octanol–water partition coefficient (Wildman–Crippen LogP) is 4.08. The van der Waals surface area contributed by atoms with E-state index in [1.54, 1.807) is 17.0 Å². The average molecular weight is 504 g/mol. The number of methoxy groups -OCH3 is 1.